The Morgan fingerprint density at radius 2 is 2.04 bits per heavy atom. The molecule has 1 spiro atoms. The highest BCUT2D eigenvalue weighted by Gasteiger charge is 2.71. The zero-order valence-electron chi connectivity index (χ0n) is 14.0. The standard InChI is InChI=1S/C20H22N2O3/c23-12-16-19(15-6-2-1-3-7-15)20(16)13-22(11-17(20)24)18(25)9-14-5-4-8-21-10-14/h1-8,10,16-17,19,23-24H,9,11-13H2/t16-,17+,19-,20-/m1/s1. The molecular formula is C20H22N2O3. The maximum atomic E-state index is 12.6. The van der Waals surface area contributed by atoms with Crippen molar-refractivity contribution >= 4 is 5.91 Å². The van der Waals surface area contributed by atoms with Crippen LogP contribution in [0.4, 0.5) is 0 Å². The van der Waals surface area contributed by atoms with Crippen molar-refractivity contribution < 1.29 is 15.0 Å². The second-order valence-corrected chi connectivity index (χ2v) is 7.12. The Labute approximate surface area is 146 Å². The molecular weight excluding hydrogens is 316 g/mol. The van der Waals surface area contributed by atoms with Gasteiger partial charge in [0.15, 0.2) is 0 Å². The lowest BCUT2D eigenvalue weighted by Crippen LogP contribution is -2.31. The largest absolute Gasteiger partial charge is 0.396 e. The fourth-order valence-electron chi connectivity index (χ4n) is 4.55. The van der Waals surface area contributed by atoms with Gasteiger partial charge in [0.2, 0.25) is 5.91 Å². The average molecular weight is 338 g/mol. The molecule has 2 N–H and O–H groups in total. The lowest BCUT2D eigenvalue weighted by molar-refractivity contribution is -0.129. The molecule has 1 amide bonds. The van der Waals surface area contributed by atoms with Crippen molar-refractivity contribution in [2.24, 2.45) is 11.3 Å². The fourth-order valence-corrected chi connectivity index (χ4v) is 4.55. The Bertz CT molecular complexity index is 752. The molecule has 4 atom stereocenters. The first-order valence-corrected chi connectivity index (χ1v) is 8.67. The molecule has 0 bridgehead atoms. The number of hydrogen-bond donors (Lipinski definition) is 2. The Hall–Kier alpha value is -2.24. The Morgan fingerprint density at radius 1 is 1.24 bits per heavy atom. The first kappa shape index (κ1) is 16.2. The van der Waals surface area contributed by atoms with Crippen LogP contribution in [0.3, 0.4) is 0 Å². The lowest BCUT2D eigenvalue weighted by atomic mass is 9.95. The quantitative estimate of drug-likeness (QED) is 0.879. The summed E-state index contributed by atoms with van der Waals surface area (Å²) in [7, 11) is 0. The van der Waals surface area contributed by atoms with Crippen molar-refractivity contribution in [2.75, 3.05) is 19.7 Å². The predicted octanol–water partition coefficient (Wildman–Crippen LogP) is 1.22. The molecule has 25 heavy (non-hydrogen) atoms. The van der Waals surface area contributed by atoms with Crippen LogP contribution in [-0.4, -0.2) is 51.8 Å². The number of pyridine rings is 1. The third kappa shape index (κ3) is 2.64. The Kier molecular flexibility index (Phi) is 4.06. The number of amides is 1. The number of benzene rings is 1. The van der Waals surface area contributed by atoms with Crippen LogP contribution in [0.25, 0.3) is 0 Å². The van der Waals surface area contributed by atoms with Gasteiger partial charge in [0.1, 0.15) is 0 Å². The molecule has 5 heteroatoms. The maximum absolute atomic E-state index is 12.6. The van der Waals surface area contributed by atoms with Crippen LogP contribution in [0.5, 0.6) is 0 Å². The minimum atomic E-state index is -0.604. The molecule has 1 saturated carbocycles. The third-order valence-electron chi connectivity index (χ3n) is 5.83. The van der Waals surface area contributed by atoms with E-state index in [4.69, 9.17) is 0 Å². The predicted molar refractivity (Wildman–Crippen MR) is 92.7 cm³/mol. The summed E-state index contributed by atoms with van der Waals surface area (Å²) in [6, 6.07) is 13.7. The highest BCUT2D eigenvalue weighted by atomic mass is 16.3. The molecule has 2 aromatic rings. The number of hydrogen-bond acceptors (Lipinski definition) is 4. The van der Waals surface area contributed by atoms with Crippen LogP contribution in [0.15, 0.2) is 54.9 Å². The minimum Gasteiger partial charge on any atom is -0.396 e. The van der Waals surface area contributed by atoms with Crippen molar-refractivity contribution in [3.8, 4) is 0 Å². The van der Waals surface area contributed by atoms with Gasteiger partial charge in [-0.05, 0) is 29.0 Å². The van der Waals surface area contributed by atoms with E-state index >= 15 is 0 Å². The van der Waals surface area contributed by atoms with Crippen LogP contribution < -0.4 is 0 Å². The second kappa shape index (κ2) is 6.24. The molecule has 1 aromatic heterocycles. The number of β-amino-alcohol motifs (C(OH)–C–C–N with tert-alkyl or cyclic N) is 1. The first-order valence-electron chi connectivity index (χ1n) is 8.67. The normalized spacial score (nSPS) is 30.6. The highest BCUT2D eigenvalue weighted by Crippen LogP contribution is 2.68. The molecule has 5 nitrogen and oxygen atoms in total. The van der Waals surface area contributed by atoms with Gasteiger partial charge in [0, 0.05) is 37.5 Å². The average Bonchev–Trinajstić information content (AvgIpc) is 3.18. The number of rotatable bonds is 4. The van der Waals surface area contributed by atoms with Crippen LogP contribution in [0.2, 0.25) is 0 Å². The number of carbonyl (C=O) groups excluding carboxylic acids is 1. The summed E-state index contributed by atoms with van der Waals surface area (Å²) in [6.07, 6.45) is 3.06. The first-order chi connectivity index (χ1) is 12.2. The molecule has 4 rings (SSSR count). The topological polar surface area (TPSA) is 73.7 Å². The summed E-state index contributed by atoms with van der Waals surface area (Å²) in [4.78, 5) is 18.4. The molecule has 1 saturated heterocycles. The third-order valence-corrected chi connectivity index (χ3v) is 5.83. The summed E-state index contributed by atoms with van der Waals surface area (Å²) in [5.41, 5.74) is 1.58. The summed E-state index contributed by atoms with van der Waals surface area (Å²) in [5.74, 6) is 0.102. The van der Waals surface area contributed by atoms with E-state index in [-0.39, 0.29) is 30.8 Å². The summed E-state index contributed by atoms with van der Waals surface area (Å²) < 4.78 is 0. The van der Waals surface area contributed by atoms with E-state index in [1.165, 1.54) is 0 Å². The zero-order valence-corrected chi connectivity index (χ0v) is 14.0. The van der Waals surface area contributed by atoms with Gasteiger partial charge >= 0.3 is 0 Å². The van der Waals surface area contributed by atoms with Crippen molar-refractivity contribution in [3.05, 3.63) is 66.0 Å². The number of likely N-dealkylation sites (tertiary alicyclic amines) is 1. The van der Waals surface area contributed by atoms with E-state index in [2.05, 4.69) is 4.98 Å². The van der Waals surface area contributed by atoms with Gasteiger partial charge in [-0.1, -0.05) is 36.4 Å². The van der Waals surface area contributed by atoms with Crippen LogP contribution in [0, 0.1) is 11.3 Å². The number of nitrogens with zero attached hydrogens (tertiary/aromatic N) is 2. The van der Waals surface area contributed by atoms with E-state index in [1.54, 1.807) is 17.3 Å². The molecule has 2 heterocycles. The lowest BCUT2D eigenvalue weighted by Gasteiger charge is -2.17. The van der Waals surface area contributed by atoms with Gasteiger partial charge in [0.05, 0.1) is 12.5 Å². The highest BCUT2D eigenvalue weighted by molar-refractivity contribution is 5.79. The zero-order chi connectivity index (χ0) is 17.4. The summed E-state index contributed by atoms with van der Waals surface area (Å²) in [6.45, 7) is 0.859. The number of aliphatic hydroxyl groups is 2. The van der Waals surface area contributed by atoms with Gasteiger partial charge < -0.3 is 15.1 Å². The molecule has 2 fully saturated rings. The second-order valence-electron chi connectivity index (χ2n) is 7.12. The van der Waals surface area contributed by atoms with Crippen LogP contribution in [-0.2, 0) is 11.2 Å². The van der Waals surface area contributed by atoms with E-state index < -0.39 is 11.5 Å². The van der Waals surface area contributed by atoms with Gasteiger partial charge in [-0.15, -0.1) is 0 Å². The number of carbonyl (C=O) groups is 1. The van der Waals surface area contributed by atoms with Crippen molar-refractivity contribution in [2.45, 2.75) is 18.4 Å². The van der Waals surface area contributed by atoms with E-state index in [0.717, 1.165) is 11.1 Å². The van der Waals surface area contributed by atoms with Crippen molar-refractivity contribution in [1.29, 1.82) is 0 Å². The molecule has 130 valence electrons. The monoisotopic (exact) mass is 338 g/mol. The van der Waals surface area contributed by atoms with E-state index in [1.807, 2.05) is 42.5 Å². The van der Waals surface area contributed by atoms with E-state index in [9.17, 15) is 15.0 Å². The molecule has 0 radical (unpaired) electrons. The van der Waals surface area contributed by atoms with Crippen LogP contribution in [0.1, 0.15) is 17.0 Å². The fraction of sp³-hybridized carbons (Fsp3) is 0.400. The number of aliphatic hydroxyl groups excluding tert-OH is 2. The minimum absolute atomic E-state index is 0.000624. The van der Waals surface area contributed by atoms with E-state index in [0.29, 0.717) is 13.1 Å². The van der Waals surface area contributed by atoms with Gasteiger partial charge in [0.25, 0.3) is 0 Å². The van der Waals surface area contributed by atoms with Gasteiger partial charge in [-0.2, -0.15) is 0 Å². The molecule has 0 unspecified atom stereocenters. The molecule has 1 aromatic carbocycles. The summed E-state index contributed by atoms with van der Waals surface area (Å²) >= 11 is 0. The summed E-state index contributed by atoms with van der Waals surface area (Å²) in [5, 5.41) is 20.5. The Balaban J connectivity index is 1.52. The van der Waals surface area contributed by atoms with Crippen molar-refractivity contribution in [1.82, 2.24) is 9.88 Å². The van der Waals surface area contributed by atoms with Gasteiger partial charge in [-0.25, -0.2) is 0 Å². The van der Waals surface area contributed by atoms with Crippen LogP contribution >= 0.6 is 0 Å². The van der Waals surface area contributed by atoms with Gasteiger partial charge in [-0.3, -0.25) is 9.78 Å². The molecule has 2 aliphatic rings. The maximum Gasteiger partial charge on any atom is 0.227 e. The SMILES string of the molecule is O=C(Cc1cccnc1)N1C[C@H](O)[C@@]2(C1)[C@H](CO)[C@H]2c1ccccc1. The molecule has 1 aliphatic carbocycles. The van der Waals surface area contributed by atoms with Crippen molar-refractivity contribution in [3.63, 3.8) is 0 Å². The number of aromatic nitrogens is 1. The molecule has 1 aliphatic heterocycles. The Morgan fingerprint density at radius 3 is 2.72 bits per heavy atom. The smallest absolute Gasteiger partial charge is 0.227 e.